The van der Waals surface area contributed by atoms with E-state index in [1.165, 1.54) is 5.06 Å². The summed E-state index contributed by atoms with van der Waals surface area (Å²) >= 11 is 5.12. The van der Waals surface area contributed by atoms with Gasteiger partial charge >= 0.3 is 0 Å². The Bertz CT molecular complexity index is 260. The molecule has 1 aliphatic rings. The lowest BCUT2D eigenvalue weighted by Crippen LogP contribution is -2.63. The second kappa shape index (κ2) is 4.47. The van der Waals surface area contributed by atoms with Gasteiger partial charge in [-0.1, -0.05) is 0 Å². The molecule has 0 unspecified atom stereocenters. The van der Waals surface area contributed by atoms with Gasteiger partial charge in [0.15, 0.2) is 5.11 Å². The maximum absolute atomic E-state index is 10.1. The average Bonchev–Trinajstić information content (AvgIpc) is 2.13. The highest BCUT2D eigenvalue weighted by Crippen LogP contribution is 2.36. The Balaban J connectivity index is 2.75. The number of nitrogens with zero attached hydrogens (tertiary/aromatic N) is 1. The van der Waals surface area contributed by atoms with Crippen molar-refractivity contribution in [3.8, 4) is 0 Å². The van der Waals surface area contributed by atoms with Crippen LogP contribution in [0.25, 0.3) is 0 Å². The Kier molecular flexibility index (Phi) is 3.82. The second-order valence-corrected chi connectivity index (χ2v) is 6.17. The quantitative estimate of drug-likeness (QED) is 0.611. The van der Waals surface area contributed by atoms with E-state index in [1.807, 2.05) is 34.7 Å². The summed E-state index contributed by atoms with van der Waals surface area (Å²) in [5.41, 5.74) is -0.467. The van der Waals surface area contributed by atoms with Crippen LogP contribution in [0.4, 0.5) is 0 Å². The molecule has 4 nitrogen and oxygen atoms in total. The molecule has 1 saturated heterocycles. The van der Waals surface area contributed by atoms with Crippen LogP contribution in [0.1, 0.15) is 40.5 Å². The van der Waals surface area contributed by atoms with Crippen molar-refractivity contribution in [2.45, 2.75) is 57.7 Å². The zero-order chi connectivity index (χ0) is 12.6. The maximum Gasteiger partial charge on any atom is 0.166 e. The Morgan fingerprint density at radius 3 is 2.06 bits per heavy atom. The van der Waals surface area contributed by atoms with Crippen molar-refractivity contribution in [3.05, 3.63) is 0 Å². The van der Waals surface area contributed by atoms with E-state index in [4.69, 9.17) is 12.2 Å². The van der Waals surface area contributed by atoms with E-state index in [1.54, 1.807) is 0 Å². The van der Waals surface area contributed by atoms with Gasteiger partial charge in [-0.15, -0.1) is 0 Å². The molecule has 5 heteroatoms. The molecule has 0 spiro atoms. The van der Waals surface area contributed by atoms with E-state index in [0.717, 1.165) is 12.8 Å². The molecule has 0 amide bonds. The minimum absolute atomic E-state index is 0.233. The normalized spacial score (nSPS) is 25.1. The lowest BCUT2D eigenvalue weighted by molar-refractivity contribution is -0.245. The number of hydrogen-bond acceptors (Lipinski definition) is 3. The molecule has 0 aromatic carbocycles. The van der Waals surface area contributed by atoms with Crippen molar-refractivity contribution in [3.63, 3.8) is 0 Å². The van der Waals surface area contributed by atoms with E-state index in [2.05, 4.69) is 10.6 Å². The van der Waals surface area contributed by atoms with Gasteiger partial charge in [-0.25, -0.2) is 0 Å². The molecular weight excluding hydrogens is 222 g/mol. The summed E-state index contributed by atoms with van der Waals surface area (Å²) in [6.45, 7) is 8.19. The second-order valence-electron chi connectivity index (χ2n) is 5.77. The average molecular weight is 245 g/mol. The molecule has 0 aromatic rings. The molecule has 0 radical (unpaired) electrons. The van der Waals surface area contributed by atoms with E-state index in [9.17, 15) is 5.21 Å². The highest BCUT2D eigenvalue weighted by Gasteiger charge is 2.45. The van der Waals surface area contributed by atoms with Gasteiger partial charge in [0.05, 0.1) is 0 Å². The fourth-order valence-electron chi connectivity index (χ4n) is 2.63. The standard InChI is InChI=1S/C11H23N3OS/c1-10(2)6-8(13-9(16)12-5)7-11(3,4)14(10)15/h8,15H,6-7H2,1-5H3,(H2,12,13,16). The lowest BCUT2D eigenvalue weighted by atomic mass is 9.79. The van der Waals surface area contributed by atoms with Gasteiger partial charge in [-0.3, -0.25) is 0 Å². The highest BCUT2D eigenvalue weighted by molar-refractivity contribution is 7.80. The summed E-state index contributed by atoms with van der Waals surface area (Å²) in [6, 6.07) is 0.299. The molecular formula is C11H23N3OS. The van der Waals surface area contributed by atoms with E-state index in [-0.39, 0.29) is 11.1 Å². The van der Waals surface area contributed by atoms with Crippen molar-refractivity contribution in [1.82, 2.24) is 15.7 Å². The van der Waals surface area contributed by atoms with Crippen LogP contribution in [0.2, 0.25) is 0 Å². The van der Waals surface area contributed by atoms with Crippen LogP contribution in [0.3, 0.4) is 0 Å². The van der Waals surface area contributed by atoms with Crippen molar-refractivity contribution in [1.29, 1.82) is 0 Å². The van der Waals surface area contributed by atoms with Crippen molar-refractivity contribution in [2.24, 2.45) is 0 Å². The lowest BCUT2D eigenvalue weighted by Gasteiger charge is -2.51. The smallest absolute Gasteiger partial charge is 0.166 e. The third kappa shape index (κ3) is 2.84. The van der Waals surface area contributed by atoms with Crippen LogP contribution in [-0.4, -0.2) is 39.6 Å². The van der Waals surface area contributed by atoms with Gasteiger partial charge in [0.1, 0.15) is 0 Å². The predicted molar refractivity (Wildman–Crippen MR) is 69.6 cm³/mol. The molecule has 1 rings (SSSR count). The molecule has 1 aliphatic heterocycles. The van der Waals surface area contributed by atoms with Gasteiger partial charge in [-0.05, 0) is 52.8 Å². The third-order valence-corrected chi connectivity index (χ3v) is 3.52. The molecule has 94 valence electrons. The van der Waals surface area contributed by atoms with Crippen molar-refractivity contribution in [2.75, 3.05) is 7.05 Å². The van der Waals surface area contributed by atoms with Gasteiger partial charge in [-0.2, -0.15) is 5.06 Å². The minimum Gasteiger partial charge on any atom is -0.366 e. The highest BCUT2D eigenvalue weighted by atomic mass is 32.1. The molecule has 0 atom stereocenters. The number of rotatable bonds is 1. The monoisotopic (exact) mass is 245 g/mol. The molecule has 0 saturated carbocycles. The summed E-state index contributed by atoms with van der Waals surface area (Å²) < 4.78 is 0. The fraction of sp³-hybridized carbons (Fsp3) is 0.909. The summed E-state index contributed by atoms with van der Waals surface area (Å²) in [4.78, 5) is 0. The molecule has 0 aliphatic carbocycles. The van der Waals surface area contributed by atoms with Gasteiger partial charge in [0, 0.05) is 24.2 Å². The van der Waals surface area contributed by atoms with Gasteiger partial charge in [0.2, 0.25) is 0 Å². The first-order valence-corrected chi connectivity index (χ1v) is 6.07. The number of hydroxylamine groups is 2. The fourth-order valence-corrected chi connectivity index (χ4v) is 2.80. The Hall–Kier alpha value is -0.390. The topological polar surface area (TPSA) is 47.5 Å². The van der Waals surface area contributed by atoms with E-state index < -0.39 is 0 Å². The van der Waals surface area contributed by atoms with Crippen LogP contribution in [0.5, 0.6) is 0 Å². The van der Waals surface area contributed by atoms with Gasteiger partial charge in [0.25, 0.3) is 0 Å². The van der Waals surface area contributed by atoms with Crippen molar-refractivity contribution < 1.29 is 5.21 Å². The summed E-state index contributed by atoms with van der Waals surface area (Å²) in [6.07, 6.45) is 1.74. The first kappa shape index (κ1) is 13.7. The van der Waals surface area contributed by atoms with E-state index >= 15 is 0 Å². The first-order chi connectivity index (χ1) is 7.19. The molecule has 1 heterocycles. The largest absolute Gasteiger partial charge is 0.366 e. The summed E-state index contributed by atoms with van der Waals surface area (Å²) in [5.74, 6) is 0. The van der Waals surface area contributed by atoms with Crippen LogP contribution in [-0.2, 0) is 0 Å². The minimum atomic E-state index is -0.233. The Labute approximate surface area is 103 Å². The zero-order valence-corrected chi connectivity index (χ0v) is 11.6. The maximum atomic E-state index is 10.1. The van der Waals surface area contributed by atoms with Crippen LogP contribution in [0.15, 0.2) is 0 Å². The SMILES string of the molecule is CNC(=S)NC1CC(C)(C)N(O)C(C)(C)C1. The molecule has 0 bridgehead atoms. The molecule has 16 heavy (non-hydrogen) atoms. The number of piperidine rings is 1. The third-order valence-electron chi connectivity index (χ3n) is 3.20. The molecule has 1 fully saturated rings. The summed E-state index contributed by atoms with van der Waals surface area (Å²) in [5, 5.41) is 18.5. The number of nitrogens with one attached hydrogen (secondary N) is 2. The predicted octanol–water partition coefficient (Wildman–Crippen LogP) is 1.49. The zero-order valence-electron chi connectivity index (χ0n) is 10.8. The van der Waals surface area contributed by atoms with Crippen LogP contribution in [0, 0.1) is 0 Å². The molecule has 0 aromatic heterocycles. The van der Waals surface area contributed by atoms with Crippen LogP contribution >= 0.6 is 12.2 Å². The summed E-state index contributed by atoms with van der Waals surface area (Å²) in [7, 11) is 1.81. The molecule has 3 N–H and O–H groups in total. The first-order valence-electron chi connectivity index (χ1n) is 5.66. The van der Waals surface area contributed by atoms with Crippen LogP contribution < -0.4 is 10.6 Å². The Morgan fingerprint density at radius 1 is 1.25 bits per heavy atom. The number of thiocarbonyl (C=S) groups is 1. The Morgan fingerprint density at radius 2 is 1.69 bits per heavy atom. The van der Waals surface area contributed by atoms with Gasteiger partial charge < -0.3 is 15.8 Å². The van der Waals surface area contributed by atoms with Crippen molar-refractivity contribution >= 4 is 17.3 Å². The van der Waals surface area contributed by atoms with E-state index in [0.29, 0.717) is 11.2 Å². The number of hydrogen-bond donors (Lipinski definition) is 3.